The van der Waals surface area contributed by atoms with Crippen molar-refractivity contribution in [3.8, 4) is 34.5 Å². The second-order valence-corrected chi connectivity index (χ2v) is 8.83. The fourth-order valence-electron chi connectivity index (χ4n) is 4.34. The fraction of sp³-hybridized carbons (Fsp3) is 0.176. The molecule has 0 N–H and O–H groups in total. The summed E-state index contributed by atoms with van der Waals surface area (Å²) in [4.78, 5) is 0. The van der Waals surface area contributed by atoms with E-state index >= 15 is 0 Å². The van der Waals surface area contributed by atoms with Gasteiger partial charge < -0.3 is 28.4 Å². The third kappa shape index (κ3) is 6.59. The number of hydrogen-bond acceptors (Lipinski definition) is 6. The third-order valence-corrected chi connectivity index (χ3v) is 6.49. The number of rotatable bonds is 11. The van der Waals surface area contributed by atoms with Gasteiger partial charge in [-0.15, -0.1) is 0 Å². The Bertz CT molecular complexity index is 1460. The minimum absolute atomic E-state index is 0.662. The molecule has 0 spiro atoms. The molecular weight excluding hydrogens is 504 g/mol. The van der Waals surface area contributed by atoms with Gasteiger partial charge in [0.25, 0.3) is 0 Å². The minimum Gasteiger partial charge on any atom is -0.497 e. The van der Waals surface area contributed by atoms with Gasteiger partial charge in [0, 0.05) is 17.7 Å². The molecular formula is C34H34O6. The van der Waals surface area contributed by atoms with Crippen molar-refractivity contribution in [3.05, 3.63) is 107 Å². The Kier molecular flexibility index (Phi) is 9.36. The average molecular weight is 539 g/mol. The van der Waals surface area contributed by atoms with Crippen LogP contribution in [-0.2, 0) is 0 Å². The Morgan fingerprint density at radius 2 is 0.975 bits per heavy atom. The minimum atomic E-state index is 0.662. The highest BCUT2D eigenvalue weighted by molar-refractivity contribution is 5.98. The molecule has 0 saturated carbocycles. The first kappa shape index (κ1) is 28.2. The maximum Gasteiger partial charge on any atom is 0.131 e. The molecule has 0 bridgehead atoms. The van der Waals surface area contributed by atoms with Gasteiger partial charge in [-0.25, -0.2) is 0 Å². The van der Waals surface area contributed by atoms with E-state index < -0.39 is 0 Å². The summed E-state index contributed by atoms with van der Waals surface area (Å²) in [6, 6.07) is 25.5. The summed E-state index contributed by atoms with van der Waals surface area (Å²) in [5.74, 6) is 4.29. The van der Waals surface area contributed by atoms with E-state index in [4.69, 9.17) is 28.4 Å². The van der Waals surface area contributed by atoms with Crippen LogP contribution in [0.2, 0.25) is 0 Å². The molecule has 0 aliphatic heterocycles. The summed E-state index contributed by atoms with van der Waals surface area (Å²) in [6.45, 7) is 0. The molecule has 0 atom stereocenters. The van der Waals surface area contributed by atoms with Crippen LogP contribution in [0.25, 0.3) is 23.8 Å². The summed E-state index contributed by atoms with van der Waals surface area (Å²) in [7, 11) is 9.90. The summed E-state index contributed by atoms with van der Waals surface area (Å²) < 4.78 is 33.5. The molecule has 0 aliphatic carbocycles. The summed E-state index contributed by atoms with van der Waals surface area (Å²) in [5, 5.41) is 0. The van der Waals surface area contributed by atoms with Crippen LogP contribution in [0.4, 0.5) is 0 Å². The van der Waals surface area contributed by atoms with Crippen molar-refractivity contribution in [2.24, 2.45) is 0 Å². The van der Waals surface area contributed by atoms with Crippen LogP contribution >= 0.6 is 0 Å². The second kappa shape index (κ2) is 13.3. The molecule has 0 aromatic heterocycles. The molecule has 4 aromatic rings. The van der Waals surface area contributed by atoms with Crippen LogP contribution in [0.3, 0.4) is 0 Å². The van der Waals surface area contributed by atoms with Crippen LogP contribution in [0.15, 0.2) is 78.9 Å². The van der Waals surface area contributed by atoms with Gasteiger partial charge in [-0.3, -0.25) is 0 Å². The molecule has 206 valence electrons. The first-order chi connectivity index (χ1) is 19.5. The van der Waals surface area contributed by atoms with Gasteiger partial charge in [0.2, 0.25) is 0 Å². The van der Waals surface area contributed by atoms with Crippen LogP contribution < -0.4 is 28.4 Å². The van der Waals surface area contributed by atoms with E-state index in [9.17, 15) is 0 Å². The molecule has 0 amide bonds. The van der Waals surface area contributed by atoms with E-state index in [0.29, 0.717) is 23.0 Å². The monoisotopic (exact) mass is 538 g/mol. The molecule has 6 heteroatoms. The summed E-state index contributed by atoms with van der Waals surface area (Å²) in [6.07, 6.45) is 6.22. The zero-order valence-corrected chi connectivity index (χ0v) is 23.7. The molecule has 6 nitrogen and oxygen atoms in total. The van der Waals surface area contributed by atoms with Gasteiger partial charge in [0.05, 0.1) is 42.7 Å². The zero-order chi connectivity index (χ0) is 28.5. The van der Waals surface area contributed by atoms with Crippen molar-refractivity contribution in [1.29, 1.82) is 0 Å². The Morgan fingerprint density at radius 1 is 0.475 bits per heavy atom. The van der Waals surface area contributed by atoms with E-state index in [1.807, 2.05) is 84.9 Å². The molecule has 4 aromatic carbocycles. The lowest BCUT2D eigenvalue weighted by molar-refractivity contribution is 0.392. The number of benzene rings is 4. The Hall–Kier alpha value is -4.84. The molecule has 4 rings (SSSR count). The largest absolute Gasteiger partial charge is 0.497 e. The number of hydrogen-bond donors (Lipinski definition) is 0. The van der Waals surface area contributed by atoms with Crippen LogP contribution in [-0.4, -0.2) is 42.7 Å². The lowest BCUT2D eigenvalue weighted by atomic mass is 9.90. The number of ether oxygens (including phenoxy) is 6. The van der Waals surface area contributed by atoms with Crippen molar-refractivity contribution >= 4 is 23.8 Å². The second-order valence-electron chi connectivity index (χ2n) is 8.83. The van der Waals surface area contributed by atoms with E-state index in [2.05, 4.69) is 12.2 Å². The molecule has 40 heavy (non-hydrogen) atoms. The molecule has 0 heterocycles. The standard InChI is InChI=1S/C34H34O6/c1-35-27-13-8-23(9-14-27)7-12-25-18-31(39-5)22-33(40-6)34(25)32(17-24-10-15-28(36-2)16-11-24)26-19-29(37-3)21-30(20-26)38-4/h7-22H,1-6H3/b12-7+,32-17+. The SMILES string of the molecule is COc1ccc(/C=C/c2cc(OC)cc(OC)c2/C(=C/c2ccc(OC)cc2)c2cc(OC)cc(OC)c2)cc1. The van der Waals surface area contributed by atoms with Crippen molar-refractivity contribution in [2.45, 2.75) is 0 Å². The highest BCUT2D eigenvalue weighted by atomic mass is 16.5. The Morgan fingerprint density at radius 3 is 1.48 bits per heavy atom. The lowest BCUT2D eigenvalue weighted by Crippen LogP contribution is -2.00. The van der Waals surface area contributed by atoms with Gasteiger partial charge in [-0.1, -0.05) is 36.4 Å². The summed E-state index contributed by atoms with van der Waals surface area (Å²) in [5.41, 5.74) is 5.62. The molecule has 0 saturated heterocycles. The number of methoxy groups -OCH3 is 6. The van der Waals surface area contributed by atoms with E-state index in [1.165, 1.54) is 0 Å². The van der Waals surface area contributed by atoms with E-state index in [0.717, 1.165) is 44.9 Å². The van der Waals surface area contributed by atoms with Crippen molar-refractivity contribution in [3.63, 3.8) is 0 Å². The first-order valence-corrected chi connectivity index (χ1v) is 12.7. The van der Waals surface area contributed by atoms with Gasteiger partial charge in [-0.2, -0.15) is 0 Å². The van der Waals surface area contributed by atoms with Gasteiger partial charge in [0.1, 0.15) is 34.5 Å². The topological polar surface area (TPSA) is 55.4 Å². The zero-order valence-electron chi connectivity index (χ0n) is 23.7. The predicted molar refractivity (Wildman–Crippen MR) is 161 cm³/mol. The molecule has 0 fully saturated rings. The van der Waals surface area contributed by atoms with Crippen molar-refractivity contribution in [1.82, 2.24) is 0 Å². The van der Waals surface area contributed by atoms with Gasteiger partial charge in [-0.05, 0) is 76.4 Å². The van der Waals surface area contributed by atoms with E-state index in [1.54, 1.807) is 42.7 Å². The van der Waals surface area contributed by atoms with Gasteiger partial charge in [0.15, 0.2) is 0 Å². The maximum atomic E-state index is 5.95. The third-order valence-electron chi connectivity index (χ3n) is 6.49. The Balaban J connectivity index is 1.98. The average Bonchev–Trinajstić information content (AvgIpc) is 3.02. The van der Waals surface area contributed by atoms with Gasteiger partial charge >= 0.3 is 0 Å². The lowest BCUT2D eigenvalue weighted by Gasteiger charge is -2.19. The predicted octanol–water partition coefficient (Wildman–Crippen LogP) is 7.50. The molecule has 0 aliphatic rings. The molecule has 0 radical (unpaired) electrons. The van der Waals surface area contributed by atoms with Crippen LogP contribution in [0, 0.1) is 0 Å². The van der Waals surface area contributed by atoms with Crippen LogP contribution in [0.5, 0.6) is 34.5 Å². The fourth-order valence-corrected chi connectivity index (χ4v) is 4.34. The van der Waals surface area contributed by atoms with E-state index in [-0.39, 0.29) is 0 Å². The summed E-state index contributed by atoms with van der Waals surface area (Å²) >= 11 is 0. The smallest absolute Gasteiger partial charge is 0.131 e. The molecule has 0 unspecified atom stereocenters. The quantitative estimate of drug-likeness (QED) is 0.184. The van der Waals surface area contributed by atoms with Crippen LogP contribution in [0.1, 0.15) is 27.8 Å². The maximum absolute atomic E-state index is 5.95. The highest BCUT2D eigenvalue weighted by Gasteiger charge is 2.19. The Labute approximate surface area is 236 Å². The first-order valence-electron chi connectivity index (χ1n) is 12.7. The van der Waals surface area contributed by atoms with Crippen molar-refractivity contribution < 1.29 is 28.4 Å². The highest BCUT2D eigenvalue weighted by Crippen LogP contribution is 2.41. The normalized spacial score (nSPS) is 11.3. The van der Waals surface area contributed by atoms with Crippen molar-refractivity contribution in [2.75, 3.05) is 42.7 Å².